The Morgan fingerprint density at radius 1 is 1.28 bits per heavy atom. The van der Waals surface area contributed by atoms with E-state index < -0.39 is 17.1 Å². The van der Waals surface area contributed by atoms with Crippen LogP contribution in [0.4, 0.5) is 4.79 Å². The molecule has 0 bridgehead atoms. The van der Waals surface area contributed by atoms with Crippen molar-refractivity contribution in [3.63, 3.8) is 0 Å². The molecule has 1 N–H and O–H groups in total. The van der Waals surface area contributed by atoms with Crippen LogP contribution in [0.3, 0.4) is 0 Å². The summed E-state index contributed by atoms with van der Waals surface area (Å²) in [5, 5.41) is 8.89. The van der Waals surface area contributed by atoms with Gasteiger partial charge in [0.15, 0.2) is 0 Å². The van der Waals surface area contributed by atoms with Crippen LogP contribution in [0.1, 0.15) is 30.0 Å². The monoisotopic (exact) mass is 409 g/mol. The van der Waals surface area contributed by atoms with Gasteiger partial charge in [0.2, 0.25) is 0 Å². The van der Waals surface area contributed by atoms with Crippen molar-refractivity contribution < 1.29 is 19.1 Å². The van der Waals surface area contributed by atoms with Crippen molar-refractivity contribution in [3.8, 4) is 5.75 Å². The number of fused-ring (bicyclic) bond motifs is 4. The van der Waals surface area contributed by atoms with Crippen molar-refractivity contribution in [3.05, 3.63) is 65.7 Å². The zero-order chi connectivity index (χ0) is 20.0. The standard InChI is InChI=1S/C21H19N3O4S/c1-27-19(25)12-18-21(22-20(26)29-18)24-16(14-9-5-6-10-17(14)28-21)11-15(23-24)13-7-3-2-4-8-13/h2-10,16,18H,11-12H2,1H3,(H,22,26)/t16-,18-,21+/m0/s1. The number of rotatable bonds is 3. The summed E-state index contributed by atoms with van der Waals surface area (Å²) in [6, 6.07) is 17.6. The van der Waals surface area contributed by atoms with E-state index in [2.05, 4.69) is 5.32 Å². The molecule has 1 amide bonds. The number of methoxy groups -OCH3 is 1. The van der Waals surface area contributed by atoms with Gasteiger partial charge in [-0.1, -0.05) is 60.3 Å². The van der Waals surface area contributed by atoms with E-state index in [4.69, 9.17) is 14.6 Å². The van der Waals surface area contributed by atoms with Crippen LogP contribution >= 0.6 is 11.8 Å². The second kappa shape index (κ2) is 6.81. The number of para-hydroxylation sites is 1. The fraction of sp³-hybridized carbons (Fsp3) is 0.286. The fourth-order valence-electron chi connectivity index (χ4n) is 4.10. The number of carbonyl (C=O) groups excluding carboxylic acids is 2. The Balaban J connectivity index is 1.62. The highest BCUT2D eigenvalue weighted by atomic mass is 32.2. The van der Waals surface area contributed by atoms with Crippen LogP contribution < -0.4 is 10.1 Å². The first-order valence-corrected chi connectivity index (χ1v) is 10.2. The molecule has 0 aromatic heterocycles. The maximum absolute atomic E-state index is 12.4. The lowest BCUT2D eigenvalue weighted by molar-refractivity contribution is -0.150. The number of carbonyl (C=O) groups is 2. The lowest BCUT2D eigenvalue weighted by Crippen LogP contribution is -2.65. The van der Waals surface area contributed by atoms with Crippen molar-refractivity contribution in [1.29, 1.82) is 0 Å². The number of thioether (sulfide) groups is 1. The number of hydrogen-bond donors (Lipinski definition) is 1. The molecule has 1 saturated heterocycles. The predicted octanol–water partition coefficient (Wildman–Crippen LogP) is 3.27. The molecule has 2 aromatic carbocycles. The first-order chi connectivity index (χ1) is 14.1. The lowest BCUT2D eigenvalue weighted by Gasteiger charge is -2.47. The molecule has 0 radical (unpaired) electrons. The zero-order valence-electron chi connectivity index (χ0n) is 15.7. The van der Waals surface area contributed by atoms with E-state index in [1.807, 2.05) is 59.6 Å². The van der Waals surface area contributed by atoms with Gasteiger partial charge in [-0.05, 0) is 11.6 Å². The number of amides is 1. The molecule has 29 heavy (non-hydrogen) atoms. The molecule has 3 atom stereocenters. The number of benzene rings is 2. The van der Waals surface area contributed by atoms with E-state index in [0.29, 0.717) is 12.2 Å². The average Bonchev–Trinajstić information content (AvgIpc) is 3.32. The Bertz CT molecular complexity index is 1010. The quantitative estimate of drug-likeness (QED) is 0.784. The summed E-state index contributed by atoms with van der Waals surface area (Å²) < 4.78 is 11.2. The van der Waals surface area contributed by atoms with Crippen molar-refractivity contribution in [2.24, 2.45) is 5.10 Å². The molecule has 0 saturated carbocycles. The molecule has 0 aliphatic carbocycles. The van der Waals surface area contributed by atoms with Gasteiger partial charge in [0.05, 0.1) is 25.3 Å². The third kappa shape index (κ3) is 2.86. The molecule has 5 rings (SSSR count). The van der Waals surface area contributed by atoms with E-state index >= 15 is 0 Å². The predicted molar refractivity (Wildman–Crippen MR) is 109 cm³/mol. The van der Waals surface area contributed by atoms with Crippen LogP contribution in [0.15, 0.2) is 59.7 Å². The summed E-state index contributed by atoms with van der Waals surface area (Å²) in [7, 11) is 1.34. The maximum Gasteiger partial charge on any atom is 0.306 e. The van der Waals surface area contributed by atoms with Crippen LogP contribution in [-0.2, 0) is 9.53 Å². The number of esters is 1. The first kappa shape index (κ1) is 18.1. The summed E-state index contributed by atoms with van der Waals surface area (Å²) in [5.74, 6) is -0.953. The van der Waals surface area contributed by atoms with Gasteiger partial charge in [-0.25, -0.2) is 5.01 Å². The normalized spacial score (nSPS) is 27.0. The summed E-state index contributed by atoms with van der Waals surface area (Å²) in [6.45, 7) is 0. The van der Waals surface area contributed by atoms with Gasteiger partial charge in [-0.2, -0.15) is 5.10 Å². The number of nitrogens with one attached hydrogen (secondary N) is 1. The highest BCUT2D eigenvalue weighted by Crippen LogP contribution is 2.51. The fourth-order valence-corrected chi connectivity index (χ4v) is 5.16. The molecule has 2 aromatic rings. The number of hydrogen-bond acceptors (Lipinski definition) is 7. The van der Waals surface area contributed by atoms with Gasteiger partial charge in [0.25, 0.3) is 11.1 Å². The molecule has 3 aliphatic rings. The van der Waals surface area contributed by atoms with Crippen molar-refractivity contribution in [1.82, 2.24) is 10.3 Å². The molecule has 3 aliphatic heterocycles. The van der Waals surface area contributed by atoms with Crippen LogP contribution in [0.2, 0.25) is 0 Å². The molecule has 0 unspecified atom stereocenters. The van der Waals surface area contributed by atoms with Crippen LogP contribution in [0.5, 0.6) is 5.75 Å². The van der Waals surface area contributed by atoms with Crippen molar-refractivity contribution in [2.75, 3.05) is 7.11 Å². The molecule has 8 heteroatoms. The van der Waals surface area contributed by atoms with Gasteiger partial charge in [-0.3, -0.25) is 14.9 Å². The number of hydrazone groups is 1. The molecule has 7 nitrogen and oxygen atoms in total. The Hall–Kier alpha value is -3.00. The Labute approximate surface area is 172 Å². The van der Waals surface area contributed by atoms with Crippen LogP contribution in [-0.4, -0.2) is 40.1 Å². The van der Waals surface area contributed by atoms with E-state index in [0.717, 1.165) is 28.6 Å². The lowest BCUT2D eigenvalue weighted by atomic mass is 9.95. The zero-order valence-corrected chi connectivity index (χ0v) is 16.5. The minimum Gasteiger partial charge on any atom is -0.469 e. The summed E-state index contributed by atoms with van der Waals surface area (Å²) in [4.78, 5) is 24.4. The highest BCUT2D eigenvalue weighted by Gasteiger charge is 2.61. The van der Waals surface area contributed by atoms with Crippen molar-refractivity contribution >= 4 is 28.7 Å². The van der Waals surface area contributed by atoms with Gasteiger partial charge < -0.3 is 9.47 Å². The van der Waals surface area contributed by atoms with E-state index in [-0.39, 0.29) is 17.7 Å². The molecule has 3 heterocycles. The number of nitrogens with zero attached hydrogens (tertiary/aromatic N) is 2. The second-order valence-electron chi connectivity index (χ2n) is 7.11. The molecule has 148 valence electrons. The summed E-state index contributed by atoms with van der Waals surface area (Å²) >= 11 is 1.05. The Morgan fingerprint density at radius 3 is 2.83 bits per heavy atom. The van der Waals surface area contributed by atoms with Gasteiger partial charge in [0.1, 0.15) is 11.0 Å². The first-order valence-electron chi connectivity index (χ1n) is 9.36. The third-order valence-corrected chi connectivity index (χ3v) is 6.53. The summed E-state index contributed by atoms with van der Waals surface area (Å²) in [5.41, 5.74) is 2.95. The largest absolute Gasteiger partial charge is 0.469 e. The maximum atomic E-state index is 12.4. The van der Waals surface area contributed by atoms with Crippen LogP contribution in [0.25, 0.3) is 0 Å². The van der Waals surface area contributed by atoms with E-state index in [1.54, 1.807) is 0 Å². The minimum atomic E-state index is -1.24. The van der Waals surface area contributed by atoms with Gasteiger partial charge >= 0.3 is 5.97 Å². The number of ether oxygens (including phenoxy) is 2. The van der Waals surface area contributed by atoms with Crippen LogP contribution in [0, 0.1) is 0 Å². The molecule has 1 spiro atoms. The van der Waals surface area contributed by atoms with Gasteiger partial charge in [0, 0.05) is 12.0 Å². The minimum absolute atomic E-state index is 0.0292. The third-order valence-electron chi connectivity index (χ3n) is 5.45. The average molecular weight is 409 g/mol. The Kier molecular flexibility index (Phi) is 4.24. The van der Waals surface area contributed by atoms with E-state index in [1.165, 1.54) is 7.11 Å². The smallest absolute Gasteiger partial charge is 0.306 e. The molecular formula is C21H19N3O4S. The van der Waals surface area contributed by atoms with Crippen molar-refractivity contribution in [2.45, 2.75) is 30.0 Å². The molecule has 1 fully saturated rings. The van der Waals surface area contributed by atoms with Gasteiger partial charge in [-0.15, -0.1) is 0 Å². The SMILES string of the molecule is COC(=O)C[C@@H]1SC(=O)N[C@]12Oc1ccccc1[C@@H]1CC(c3ccccc3)=NN12. The highest BCUT2D eigenvalue weighted by molar-refractivity contribution is 8.14. The second-order valence-corrected chi connectivity index (χ2v) is 8.29. The topological polar surface area (TPSA) is 80.2 Å². The molecular weight excluding hydrogens is 390 g/mol. The summed E-state index contributed by atoms with van der Waals surface area (Å²) in [6.07, 6.45) is 0.707. The Morgan fingerprint density at radius 2 is 2.03 bits per heavy atom. The van der Waals surface area contributed by atoms with E-state index in [9.17, 15) is 9.59 Å².